The molecule has 2 nitrogen and oxygen atoms in total. The van der Waals surface area contributed by atoms with Crippen LogP contribution in [0, 0.1) is 12.8 Å². The standard InChI is InChI=1S/C16H26N2/c1-3-5-14-6-4-10-16(17,11-9-14)15-8-7-13(2)18-12-15/h7-8,12,14H,3-6,9-11,17H2,1-2H3. The van der Waals surface area contributed by atoms with E-state index >= 15 is 0 Å². The van der Waals surface area contributed by atoms with E-state index in [-0.39, 0.29) is 5.54 Å². The number of pyridine rings is 1. The van der Waals surface area contributed by atoms with Crippen LogP contribution in [0.5, 0.6) is 0 Å². The Labute approximate surface area is 111 Å². The molecule has 0 aromatic carbocycles. The monoisotopic (exact) mass is 246 g/mol. The first-order chi connectivity index (χ1) is 8.64. The van der Waals surface area contributed by atoms with Crippen molar-refractivity contribution >= 4 is 0 Å². The highest BCUT2D eigenvalue weighted by atomic mass is 14.8. The van der Waals surface area contributed by atoms with Crippen LogP contribution in [-0.4, -0.2) is 4.98 Å². The van der Waals surface area contributed by atoms with E-state index in [9.17, 15) is 0 Å². The van der Waals surface area contributed by atoms with Crippen LogP contribution in [0.3, 0.4) is 0 Å². The molecule has 0 radical (unpaired) electrons. The number of aryl methyl sites for hydroxylation is 1. The van der Waals surface area contributed by atoms with Crippen LogP contribution in [0.2, 0.25) is 0 Å². The number of hydrogen-bond acceptors (Lipinski definition) is 2. The van der Waals surface area contributed by atoms with Gasteiger partial charge in [0.05, 0.1) is 0 Å². The summed E-state index contributed by atoms with van der Waals surface area (Å²) < 4.78 is 0. The molecule has 2 heteroatoms. The second-order valence-electron chi connectivity index (χ2n) is 5.93. The van der Waals surface area contributed by atoms with Crippen molar-refractivity contribution in [1.29, 1.82) is 0 Å². The average Bonchev–Trinajstić information content (AvgIpc) is 2.54. The van der Waals surface area contributed by atoms with E-state index in [1.54, 1.807) is 0 Å². The Bertz CT molecular complexity index is 371. The smallest absolute Gasteiger partial charge is 0.0425 e. The van der Waals surface area contributed by atoms with E-state index in [2.05, 4.69) is 24.0 Å². The SMILES string of the molecule is CCCC1CCCC(N)(c2ccc(C)nc2)CC1. The molecule has 1 saturated carbocycles. The second-order valence-corrected chi connectivity index (χ2v) is 5.93. The Morgan fingerprint density at radius 1 is 1.33 bits per heavy atom. The predicted octanol–water partition coefficient (Wildman–Crippen LogP) is 3.92. The van der Waals surface area contributed by atoms with Crippen molar-refractivity contribution in [3.63, 3.8) is 0 Å². The zero-order chi connectivity index (χ0) is 13.0. The quantitative estimate of drug-likeness (QED) is 0.821. The van der Waals surface area contributed by atoms with Crippen LogP contribution in [-0.2, 0) is 5.54 Å². The summed E-state index contributed by atoms with van der Waals surface area (Å²) >= 11 is 0. The zero-order valence-corrected chi connectivity index (χ0v) is 11.8. The molecular weight excluding hydrogens is 220 g/mol. The van der Waals surface area contributed by atoms with Crippen molar-refractivity contribution in [3.8, 4) is 0 Å². The fourth-order valence-electron chi connectivity index (χ4n) is 3.19. The van der Waals surface area contributed by atoms with E-state index in [1.165, 1.54) is 37.7 Å². The Hall–Kier alpha value is -0.890. The van der Waals surface area contributed by atoms with Crippen LogP contribution in [0.4, 0.5) is 0 Å². The van der Waals surface area contributed by atoms with Crippen molar-refractivity contribution in [3.05, 3.63) is 29.6 Å². The molecule has 1 aromatic rings. The fourth-order valence-corrected chi connectivity index (χ4v) is 3.19. The van der Waals surface area contributed by atoms with Gasteiger partial charge in [-0.3, -0.25) is 4.98 Å². The van der Waals surface area contributed by atoms with Gasteiger partial charge in [0.2, 0.25) is 0 Å². The molecule has 2 N–H and O–H groups in total. The maximum Gasteiger partial charge on any atom is 0.0425 e. The molecule has 100 valence electrons. The molecule has 0 bridgehead atoms. The molecule has 2 unspecified atom stereocenters. The van der Waals surface area contributed by atoms with Gasteiger partial charge in [0.25, 0.3) is 0 Å². The minimum atomic E-state index is -0.136. The average molecular weight is 246 g/mol. The van der Waals surface area contributed by atoms with E-state index < -0.39 is 0 Å². The van der Waals surface area contributed by atoms with E-state index in [0.717, 1.165) is 24.5 Å². The van der Waals surface area contributed by atoms with Gasteiger partial charge in [-0.15, -0.1) is 0 Å². The molecule has 1 fully saturated rings. The highest BCUT2D eigenvalue weighted by Crippen LogP contribution is 2.36. The first-order valence-corrected chi connectivity index (χ1v) is 7.36. The van der Waals surface area contributed by atoms with Gasteiger partial charge in [0, 0.05) is 17.4 Å². The third-order valence-electron chi connectivity index (χ3n) is 4.42. The van der Waals surface area contributed by atoms with Crippen LogP contribution in [0.15, 0.2) is 18.3 Å². The van der Waals surface area contributed by atoms with Crippen LogP contribution in [0.25, 0.3) is 0 Å². The largest absolute Gasteiger partial charge is 0.321 e. The van der Waals surface area contributed by atoms with Gasteiger partial charge in [-0.1, -0.05) is 38.7 Å². The highest BCUT2D eigenvalue weighted by Gasteiger charge is 2.30. The van der Waals surface area contributed by atoms with Gasteiger partial charge in [0.1, 0.15) is 0 Å². The molecular formula is C16H26N2. The van der Waals surface area contributed by atoms with E-state index in [1.807, 2.05) is 13.1 Å². The zero-order valence-electron chi connectivity index (χ0n) is 11.8. The lowest BCUT2D eigenvalue weighted by Crippen LogP contribution is -2.36. The molecule has 0 aliphatic heterocycles. The third-order valence-corrected chi connectivity index (χ3v) is 4.42. The van der Waals surface area contributed by atoms with Crippen LogP contribution >= 0.6 is 0 Å². The Balaban J connectivity index is 2.09. The summed E-state index contributed by atoms with van der Waals surface area (Å²) in [5.41, 5.74) is 8.81. The summed E-state index contributed by atoms with van der Waals surface area (Å²) in [7, 11) is 0. The Morgan fingerprint density at radius 3 is 2.83 bits per heavy atom. The maximum absolute atomic E-state index is 6.65. The Kier molecular flexibility index (Phi) is 4.39. The van der Waals surface area contributed by atoms with Crippen molar-refractivity contribution < 1.29 is 0 Å². The minimum absolute atomic E-state index is 0.136. The van der Waals surface area contributed by atoms with E-state index in [4.69, 9.17) is 5.73 Å². The molecule has 0 spiro atoms. The highest BCUT2D eigenvalue weighted by molar-refractivity contribution is 5.22. The summed E-state index contributed by atoms with van der Waals surface area (Å²) in [6.45, 7) is 4.31. The molecule has 0 saturated heterocycles. The lowest BCUT2D eigenvalue weighted by molar-refractivity contribution is 0.366. The number of hydrogen-bond donors (Lipinski definition) is 1. The molecule has 18 heavy (non-hydrogen) atoms. The number of nitrogens with two attached hydrogens (primary N) is 1. The van der Waals surface area contributed by atoms with Gasteiger partial charge in [-0.25, -0.2) is 0 Å². The molecule has 1 aliphatic rings. The van der Waals surface area contributed by atoms with Gasteiger partial charge >= 0.3 is 0 Å². The van der Waals surface area contributed by atoms with E-state index in [0.29, 0.717) is 0 Å². The maximum atomic E-state index is 6.65. The summed E-state index contributed by atoms with van der Waals surface area (Å²) in [6.07, 6.45) is 10.8. The molecule has 2 atom stereocenters. The van der Waals surface area contributed by atoms with Gasteiger partial charge < -0.3 is 5.73 Å². The molecule has 1 aliphatic carbocycles. The first-order valence-electron chi connectivity index (χ1n) is 7.36. The fraction of sp³-hybridized carbons (Fsp3) is 0.688. The number of rotatable bonds is 3. The molecule has 0 amide bonds. The number of nitrogens with zero attached hydrogens (tertiary/aromatic N) is 1. The Morgan fingerprint density at radius 2 is 2.17 bits per heavy atom. The molecule has 1 aromatic heterocycles. The summed E-state index contributed by atoms with van der Waals surface area (Å²) in [4.78, 5) is 4.41. The van der Waals surface area contributed by atoms with Crippen molar-refractivity contribution in [2.75, 3.05) is 0 Å². The summed E-state index contributed by atoms with van der Waals surface area (Å²) in [5.74, 6) is 0.888. The van der Waals surface area contributed by atoms with Crippen molar-refractivity contribution in [2.24, 2.45) is 11.7 Å². The van der Waals surface area contributed by atoms with Crippen LogP contribution in [0.1, 0.15) is 63.1 Å². The normalized spacial score (nSPS) is 28.9. The summed E-state index contributed by atoms with van der Waals surface area (Å²) in [5, 5.41) is 0. The summed E-state index contributed by atoms with van der Waals surface area (Å²) in [6, 6.07) is 4.25. The van der Waals surface area contributed by atoms with Crippen molar-refractivity contribution in [1.82, 2.24) is 4.98 Å². The van der Waals surface area contributed by atoms with Crippen molar-refractivity contribution in [2.45, 2.75) is 64.3 Å². The number of aromatic nitrogens is 1. The van der Waals surface area contributed by atoms with Gasteiger partial charge in [-0.05, 0) is 43.7 Å². The van der Waals surface area contributed by atoms with Gasteiger partial charge in [-0.2, -0.15) is 0 Å². The molecule has 2 rings (SSSR count). The lowest BCUT2D eigenvalue weighted by Gasteiger charge is -2.28. The predicted molar refractivity (Wildman–Crippen MR) is 76.3 cm³/mol. The minimum Gasteiger partial charge on any atom is -0.321 e. The first kappa shape index (κ1) is 13.5. The second kappa shape index (κ2) is 5.83. The molecule has 1 heterocycles. The topological polar surface area (TPSA) is 38.9 Å². The third kappa shape index (κ3) is 3.11. The van der Waals surface area contributed by atoms with Gasteiger partial charge in [0.15, 0.2) is 0 Å². The van der Waals surface area contributed by atoms with Crippen LogP contribution < -0.4 is 5.73 Å². The lowest BCUT2D eigenvalue weighted by atomic mass is 9.84.